The quantitative estimate of drug-likeness (QED) is 0.449. The number of aliphatic carboxylic acids is 1. The van der Waals surface area contributed by atoms with Crippen LogP contribution in [0.25, 0.3) is 0 Å². The lowest BCUT2D eigenvalue weighted by atomic mass is 9.82. The van der Waals surface area contributed by atoms with Crippen LogP contribution in [0.2, 0.25) is 0 Å². The minimum Gasteiger partial charge on any atom is -0.491 e. The molecule has 0 radical (unpaired) electrons. The molecule has 0 unspecified atom stereocenters. The van der Waals surface area contributed by atoms with E-state index in [0.717, 1.165) is 10.5 Å². The summed E-state index contributed by atoms with van der Waals surface area (Å²) in [6, 6.07) is 13.9. The monoisotopic (exact) mass is 477 g/mol. The highest BCUT2D eigenvalue weighted by molar-refractivity contribution is 9.10. The minimum absolute atomic E-state index is 0.100. The number of carbonyl (C=O) groups excluding carboxylic acids is 1. The number of carboxylic acids is 1. The van der Waals surface area contributed by atoms with Gasteiger partial charge in [0.15, 0.2) is 0 Å². The van der Waals surface area contributed by atoms with E-state index < -0.39 is 23.6 Å². The minimum atomic E-state index is -1.09. The maximum atomic E-state index is 12.5. The summed E-state index contributed by atoms with van der Waals surface area (Å²) in [5.74, 6) is -0.529. The van der Waals surface area contributed by atoms with Crippen molar-refractivity contribution in [3.63, 3.8) is 0 Å². The van der Waals surface area contributed by atoms with Crippen molar-refractivity contribution in [2.45, 2.75) is 20.0 Å². The summed E-state index contributed by atoms with van der Waals surface area (Å²) in [5, 5.41) is 20.5. The van der Waals surface area contributed by atoms with Crippen molar-refractivity contribution in [3.8, 4) is 5.75 Å². The van der Waals surface area contributed by atoms with Crippen LogP contribution in [0, 0.1) is 5.41 Å². The van der Waals surface area contributed by atoms with Gasteiger partial charge in [-0.25, -0.2) is 9.59 Å². The molecule has 30 heavy (non-hydrogen) atoms. The Balaban J connectivity index is 2.25. The zero-order chi connectivity index (χ0) is 22.1. The highest BCUT2D eigenvalue weighted by atomic mass is 79.9. The van der Waals surface area contributed by atoms with Gasteiger partial charge in [0.25, 0.3) is 0 Å². The number of nitrogens with one attached hydrogen (secondary N) is 1. The van der Waals surface area contributed by atoms with Gasteiger partial charge in [-0.1, -0.05) is 48.0 Å². The van der Waals surface area contributed by atoms with Crippen molar-refractivity contribution in [2.75, 3.05) is 18.5 Å². The van der Waals surface area contributed by atoms with Crippen molar-refractivity contribution < 1.29 is 29.3 Å². The number of carboxylic acid groups (broad SMARTS) is 1. The first-order valence-electron chi connectivity index (χ1n) is 9.20. The predicted octanol–water partition coefficient (Wildman–Crippen LogP) is 4.78. The van der Waals surface area contributed by atoms with Gasteiger partial charge in [-0.05, 0) is 42.0 Å². The predicted molar refractivity (Wildman–Crippen MR) is 117 cm³/mol. The number of rotatable bonds is 9. The van der Waals surface area contributed by atoms with Crippen LogP contribution in [0.1, 0.15) is 25.5 Å². The second kappa shape index (κ2) is 10.8. The number of aliphatic hydroxyl groups excluding tert-OH is 1. The van der Waals surface area contributed by atoms with E-state index in [0.29, 0.717) is 17.0 Å². The van der Waals surface area contributed by atoms with E-state index in [2.05, 4.69) is 21.2 Å². The summed E-state index contributed by atoms with van der Waals surface area (Å²) >= 11 is 3.34. The average molecular weight is 478 g/mol. The van der Waals surface area contributed by atoms with Crippen molar-refractivity contribution in [1.82, 2.24) is 0 Å². The lowest BCUT2D eigenvalue weighted by molar-refractivity contribution is -0.131. The molecule has 0 spiro atoms. The molecular formula is C22H24BrNO6. The summed E-state index contributed by atoms with van der Waals surface area (Å²) in [6.07, 6.45) is 1.08. The molecule has 0 aliphatic rings. The van der Waals surface area contributed by atoms with Crippen molar-refractivity contribution in [3.05, 3.63) is 70.7 Å². The Hall–Kier alpha value is -2.84. The molecule has 2 rings (SSSR count). The van der Waals surface area contributed by atoms with Crippen molar-refractivity contribution in [2.24, 2.45) is 5.41 Å². The summed E-state index contributed by atoms with van der Waals surface area (Å²) < 4.78 is 11.9. The Morgan fingerprint density at radius 1 is 1.13 bits per heavy atom. The fourth-order valence-electron chi connectivity index (χ4n) is 2.71. The van der Waals surface area contributed by atoms with Gasteiger partial charge in [0.2, 0.25) is 0 Å². The summed E-state index contributed by atoms with van der Waals surface area (Å²) in [5.41, 5.74) is 0.411. The van der Waals surface area contributed by atoms with Gasteiger partial charge < -0.3 is 19.7 Å². The molecule has 0 aliphatic heterocycles. The number of aliphatic hydroxyl groups is 1. The molecule has 3 N–H and O–H groups in total. The van der Waals surface area contributed by atoms with E-state index in [1.54, 1.807) is 62.4 Å². The lowest BCUT2D eigenvalue weighted by Gasteiger charge is -2.31. The molecule has 0 bridgehead atoms. The van der Waals surface area contributed by atoms with Crippen molar-refractivity contribution in [1.29, 1.82) is 0 Å². The van der Waals surface area contributed by atoms with Crippen LogP contribution in [-0.4, -0.2) is 35.5 Å². The second-order valence-electron chi connectivity index (χ2n) is 7.05. The Labute approximate surface area is 183 Å². The highest BCUT2D eigenvalue weighted by Crippen LogP contribution is 2.39. The number of benzene rings is 2. The topological polar surface area (TPSA) is 105 Å². The third kappa shape index (κ3) is 7.20. The van der Waals surface area contributed by atoms with Gasteiger partial charge in [-0.2, -0.15) is 0 Å². The standard InChI is InChI=1S/C22H24BrNO6/c1-22(2,12-11-19(26)27)20(15-3-9-18(10-4-15)29-14-13-25)30-21(28)24-17-7-5-16(23)6-8-17/h3-12,20,25H,13-14H2,1-2H3,(H,24,28)(H,26,27)/b12-11+/t20-/m0/s1. The number of halogens is 1. The van der Waals surface area contributed by atoms with Crippen LogP contribution in [-0.2, 0) is 9.53 Å². The van der Waals surface area contributed by atoms with Crippen LogP contribution >= 0.6 is 15.9 Å². The molecule has 2 aromatic carbocycles. The maximum absolute atomic E-state index is 12.5. The molecule has 0 heterocycles. The Bertz CT molecular complexity index is 878. The largest absolute Gasteiger partial charge is 0.491 e. The zero-order valence-electron chi connectivity index (χ0n) is 16.7. The average Bonchev–Trinajstić information content (AvgIpc) is 2.71. The summed E-state index contributed by atoms with van der Waals surface area (Å²) in [4.78, 5) is 23.5. The molecule has 0 aromatic heterocycles. The number of hydrogen-bond donors (Lipinski definition) is 3. The van der Waals surface area contributed by atoms with E-state index >= 15 is 0 Å². The summed E-state index contributed by atoms with van der Waals surface area (Å²) in [7, 11) is 0. The van der Waals surface area contributed by atoms with Gasteiger partial charge in [0.1, 0.15) is 18.5 Å². The first kappa shape index (κ1) is 23.4. The van der Waals surface area contributed by atoms with Crippen LogP contribution in [0.5, 0.6) is 5.75 Å². The fraction of sp³-hybridized carbons (Fsp3) is 0.273. The number of hydrogen-bond acceptors (Lipinski definition) is 5. The fourth-order valence-corrected chi connectivity index (χ4v) is 2.98. The Kier molecular flexibility index (Phi) is 8.44. The maximum Gasteiger partial charge on any atom is 0.412 e. The molecule has 1 amide bonds. The normalized spacial score (nSPS) is 12.4. The van der Waals surface area contributed by atoms with E-state index in [1.165, 1.54) is 6.08 Å². The second-order valence-corrected chi connectivity index (χ2v) is 7.97. The van der Waals surface area contributed by atoms with Gasteiger partial charge in [-0.3, -0.25) is 5.32 Å². The first-order chi connectivity index (χ1) is 14.2. The Morgan fingerprint density at radius 2 is 1.77 bits per heavy atom. The number of carbonyl (C=O) groups is 2. The van der Waals surface area contributed by atoms with E-state index in [1.807, 2.05) is 0 Å². The molecule has 0 saturated carbocycles. The van der Waals surface area contributed by atoms with Crippen LogP contribution in [0.3, 0.4) is 0 Å². The van der Waals surface area contributed by atoms with Crippen molar-refractivity contribution >= 4 is 33.7 Å². The molecule has 0 aliphatic carbocycles. The smallest absolute Gasteiger partial charge is 0.412 e. The van der Waals surface area contributed by atoms with Gasteiger partial charge >= 0.3 is 12.1 Å². The van der Waals surface area contributed by atoms with Gasteiger partial charge in [0, 0.05) is 21.7 Å². The molecule has 160 valence electrons. The number of amides is 1. The third-order valence-corrected chi connectivity index (χ3v) is 4.72. The van der Waals surface area contributed by atoms with Crippen LogP contribution in [0.15, 0.2) is 65.2 Å². The SMILES string of the molecule is CC(C)(/C=C/C(=O)O)[C@@H](OC(=O)Nc1ccc(Br)cc1)c1ccc(OCCO)cc1. The lowest BCUT2D eigenvalue weighted by Crippen LogP contribution is -2.27. The summed E-state index contributed by atoms with van der Waals surface area (Å²) in [6.45, 7) is 3.62. The molecule has 0 fully saturated rings. The first-order valence-corrected chi connectivity index (χ1v) is 9.99. The molecule has 0 saturated heterocycles. The van der Waals surface area contributed by atoms with E-state index in [-0.39, 0.29) is 13.2 Å². The van der Waals surface area contributed by atoms with E-state index in [9.17, 15) is 9.59 Å². The van der Waals surface area contributed by atoms with Gasteiger partial charge in [0.05, 0.1) is 6.61 Å². The molecule has 2 aromatic rings. The third-order valence-electron chi connectivity index (χ3n) is 4.19. The Morgan fingerprint density at radius 3 is 2.33 bits per heavy atom. The molecule has 1 atom stereocenters. The number of anilines is 1. The van der Waals surface area contributed by atoms with Crippen LogP contribution in [0.4, 0.5) is 10.5 Å². The molecule has 8 heteroatoms. The zero-order valence-corrected chi connectivity index (χ0v) is 18.3. The van der Waals surface area contributed by atoms with E-state index in [4.69, 9.17) is 19.7 Å². The van der Waals surface area contributed by atoms with Gasteiger partial charge in [-0.15, -0.1) is 0 Å². The highest BCUT2D eigenvalue weighted by Gasteiger charge is 2.32. The van der Waals surface area contributed by atoms with Crippen LogP contribution < -0.4 is 10.1 Å². The number of ether oxygens (including phenoxy) is 2. The molecule has 7 nitrogen and oxygen atoms in total. The molecular weight excluding hydrogens is 454 g/mol.